The van der Waals surface area contributed by atoms with Crippen molar-refractivity contribution < 1.29 is 4.74 Å². The topological polar surface area (TPSA) is 35.2 Å². The van der Waals surface area contributed by atoms with Crippen LogP contribution in [-0.4, -0.2) is 0 Å². The van der Waals surface area contributed by atoms with Gasteiger partial charge in [0, 0.05) is 6.04 Å². The van der Waals surface area contributed by atoms with Gasteiger partial charge in [0.1, 0.15) is 11.5 Å². The van der Waals surface area contributed by atoms with Gasteiger partial charge in [0.15, 0.2) is 0 Å². The van der Waals surface area contributed by atoms with Crippen LogP contribution in [0, 0.1) is 5.92 Å². The molecule has 1 saturated carbocycles. The van der Waals surface area contributed by atoms with E-state index in [-0.39, 0.29) is 6.04 Å². The smallest absolute Gasteiger partial charge is 0.127 e. The van der Waals surface area contributed by atoms with Gasteiger partial charge >= 0.3 is 0 Å². The molecule has 2 N–H and O–H groups in total. The first-order valence-corrected chi connectivity index (χ1v) is 7.41. The summed E-state index contributed by atoms with van der Waals surface area (Å²) in [4.78, 5) is 0. The molecule has 1 aliphatic carbocycles. The second-order valence-corrected chi connectivity index (χ2v) is 5.56. The van der Waals surface area contributed by atoms with Gasteiger partial charge in [0.05, 0.1) is 0 Å². The van der Waals surface area contributed by atoms with Crippen LogP contribution in [0.3, 0.4) is 0 Å². The second-order valence-electron chi connectivity index (χ2n) is 5.56. The quantitative estimate of drug-likeness (QED) is 0.873. The Morgan fingerprint density at radius 2 is 1.60 bits per heavy atom. The van der Waals surface area contributed by atoms with E-state index in [0.717, 1.165) is 11.5 Å². The molecule has 20 heavy (non-hydrogen) atoms. The van der Waals surface area contributed by atoms with Gasteiger partial charge in [0.25, 0.3) is 0 Å². The van der Waals surface area contributed by atoms with Crippen molar-refractivity contribution in [1.82, 2.24) is 0 Å². The van der Waals surface area contributed by atoms with Gasteiger partial charge in [-0.25, -0.2) is 0 Å². The van der Waals surface area contributed by atoms with Crippen LogP contribution in [0.2, 0.25) is 0 Å². The third-order valence-electron chi connectivity index (χ3n) is 4.13. The Morgan fingerprint density at radius 3 is 2.35 bits per heavy atom. The van der Waals surface area contributed by atoms with E-state index in [2.05, 4.69) is 12.1 Å². The molecule has 104 valence electrons. The lowest BCUT2D eigenvalue weighted by Gasteiger charge is -2.19. The van der Waals surface area contributed by atoms with Crippen LogP contribution in [-0.2, 0) is 0 Å². The fraction of sp³-hybridized carbons (Fsp3) is 0.333. The minimum atomic E-state index is 0.136. The molecule has 0 saturated heterocycles. The molecule has 1 aliphatic rings. The van der Waals surface area contributed by atoms with E-state index in [4.69, 9.17) is 10.5 Å². The van der Waals surface area contributed by atoms with Crippen molar-refractivity contribution in [2.75, 3.05) is 0 Å². The number of hydrogen-bond donors (Lipinski definition) is 1. The maximum Gasteiger partial charge on any atom is 0.127 e. The monoisotopic (exact) mass is 267 g/mol. The summed E-state index contributed by atoms with van der Waals surface area (Å²) in [6, 6.07) is 18.2. The van der Waals surface area contributed by atoms with Gasteiger partial charge in [-0.15, -0.1) is 0 Å². The molecule has 0 amide bonds. The molecule has 0 aliphatic heterocycles. The van der Waals surface area contributed by atoms with Gasteiger partial charge in [-0.05, 0) is 48.6 Å². The van der Waals surface area contributed by atoms with Crippen molar-refractivity contribution in [3.63, 3.8) is 0 Å². The van der Waals surface area contributed by atoms with Crippen LogP contribution in [0.1, 0.15) is 37.3 Å². The molecule has 3 rings (SSSR count). The van der Waals surface area contributed by atoms with Crippen molar-refractivity contribution in [2.45, 2.75) is 31.7 Å². The molecule has 1 fully saturated rings. The molecule has 0 radical (unpaired) electrons. The van der Waals surface area contributed by atoms with E-state index in [0.29, 0.717) is 5.92 Å². The van der Waals surface area contributed by atoms with Crippen LogP contribution >= 0.6 is 0 Å². The highest BCUT2D eigenvalue weighted by atomic mass is 16.5. The Hall–Kier alpha value is -1.80. The van der Waals surface area contributed by atoms with Crippen LogP contribution < -0.4 is 10.5 Å². The normalized spacial score (nSPS) is 17.1. The lowest BCUT2D eigenvalue weighted by molar-refractivity contribution is 0.440. The maximum atomic E-state index is 6.41. The van der Waals surface area contributed by atoms with E-state index in [9.17, 15) is 0 Å². The Balaban J connectivity index is 1.75. The molecule has 1 atom stereocenters. The molecule has 0 heterocycles. The molecule has 0 bridgehead atoms. The van der Waals surface area contributed by atoms with Gasteiger partial charge in [-0.2, -0.15) is 0 Å². The predicted octanol–water partition coefficient (Wildman–Crippen LogP) is 4.67. The van der Waals surface area contributed by atoms with E-state index in [1.165, 1.54) is 31.2 Å². The molecule has 2 aromatic carbocycles. The largest absolute Gasteiger partial charge is 0.457 e. The summed E-state index contributed by atoms with van der Waals surface area (Å²) < 4.78 is 5.88. The lowest BCUT2D eigenvalue weighted by atomic mass is 9.92. The first-order chi connectivity index (χ1) is 9.83. The van der Waals surface area contributed by atoms with E-state index < -0.39 is 0 Å². The Bertz CT molecular complexity index is 546. The molecule has 2 nitrogen and oxygen atoms in total. The van der Waals surface area contributed by atoms with Crippen LogP contribution in [0.15, 0.2) is 54.6 Å². The van der Waals surface area contributed by atoms with Crippen molar-refractivity contribution in [1.29, 1.82) is 0 Å². The summed E-state index contributed by atoms with van der Waals surface area (Å²) in [6.07, 6.45) is 5.15. The van der Waals surface area contributed by atoms with Crippen LogP contribution in [0.25, 0.3) is 0 Å². The van der Waals surface area contributed by atoms with Crippen molar-refractivity contribution >= 4 is 0 Å². The first kappa shape index (κ1) is 13.2. The zero-order chi connectivity index (χ0) is 13.8. The highest BCUT2D eigenvalue weighted by Crippen LogP contribution is 2.35. The minimum Gasteiger partial charge on any atom is -0.457 e. The molecular weight excluding hydrogens is 246 g/mol. The van der Waals surface area contributed by atoms with E-state index in [1.807, 2.05) is 42.5 Å². The minimum absolute atomic E-state index is 0.136. The standard InChI is InChI=1S/C18H21NO/c19-18(14-7-4-5-8-14)15-9-6-12-17(13-15)20-16-10-2-1-3-11-16/h1-3,6,9-14,18H,4-5,7-8,19H2/t18-/m0/s1. The number of para-hydroxylation sites is 1. The third kappa shape index (κ3) is 3.02. The molecular formula is C18H21NO. The van der Waals surface area contributed by atoms with Crippen molar-refractivity contribution in [3.8, 4) is 11.5 Å². The average Bonchev–Trinajstić information content (AvgIpc) is 3.02. The summed E-state index contributed by atoms with van der Waals surface area (Å²) >= 11 is 0. The molecule has 0 aromatic heterocycles. The van der Waals surface area contributed by atoms with Crippen LogP contribution in [0.5, 0.6) is 11.5 Å². The number of ether oxygens (including phenoxy) is 1. The Kier molecular flexibility index (Phi) is 4.03. The maximum absolute atomic E-state index is 6.41. The van der Waals surface area contributed by atoms with Crippen LogP contribution in [0.4, 0.5) is 0 Å². The summed E-state index contributed by atoms with van der Waals surface area (Å²) in [7, 11) is 0. The van der Waals surface area contributed by atoms with Crippen molar-refractivity contribution in [2.24, 2.45) is 11.7 Å². The number of hydrogen-bond acceptors (Lipinski definition) is 2. The lowest BCUT2D eigenvalue weighted by Crippen LogP contribution is -2.18. The highest BCUT2D eigenvalue weighted by Gasteiger charge is 2.23. The second kappa shape index (κ2) is 6.10. The fourth-order valence-corrected chi connectivity index (χ4v) is 3.00. The van der Waals surface area contributed by atoms with Gasteiger partial charge in [-0.3, -0.25) is 0 Å². The third-order valence-corrected chi connectivity index (χ3v) is 4.13. The summed E-state index contributed by atoms with van der Waals surface area (Å²) in [6.45, 7) is 0. The molecule has 2 aromatic rings. The highest BCUT2D eigenvalue weighted by molar-refractivity contribution is 5.35. The molecule has 2 heteroatoms. The summed E-state index contributed by atoms with van der Waals surface area (Å²) in [5, 5.41) is 0. The van der Waals surface area contributed by atoms with Gasteiger partial charge in [-0.1, -0.05) is 43.2 Å². The first-order valence-electron chi connectivity index (χ1n) is 7.41. The Morgan fingerprint density at radius 1 is 0.900 bits per heavy atom. The summed E-state index contributed by atoms with van der Waals surface area (Å²) in [5.41, 5.74) is 7.59. The number of benzene rings is 2. The van der Waals surface area contributed by atoms with E-state index in [1.54, 1.807) is 0 Å². The van der Waals surface area contributed by atoms with E-state index >= 15 is 0 Å². The fourth-order valence-electron chi connectivity index (χ4n) is 3.00. The molecule has 0 spiro atoms. The average molecular weight is 267 g/mol. The zero-order valence-electron chi connectivity index (χ0n) is 11.7. The predicted molar refractivity (Wildman–Crippen MR) is 81.8 cm³/mol. The summed E-state index contributed by atoms with van der Waals surface area (Å²) in [5.74, 6) is 2.35. The zero-order valence-corrected chi connectivity index (χ0v) is 11.7. The van der Waals surface area contributed by atoms with Crippen molar-refractivity contribution in [3.05, 3.63) is 60.2 Å². The SMILES string of the molecule is N[C@H](c1cccc(Oc2ccccc2)c1)C1CCCC1. The Labute approximate surface area is 120 Å². The molecule has 0 unspecified atom stereocenters. The van der Waals surface area contributed by atoms with Gasteiger partial charge < -0.3 is 10.5 Å². The number of rotatable bonds is 4. The number of nitrogens with two attached hydrogens (primary N) is 1. The van der Waals surface area contributed by atoms with Gasteiger partial charge in [0.2, 0.25) is 0 Å².